The average Bonchev–Trinajstić information content (AvgIpc) is 2.63. The van der Waals surface area contributed by atoms with Crippen molar-refractivity contribution >= 4 is 11.6 Å². The number of hydrogen-bond donors (Lipinski definition) is 2. The van der Waals surface area contributed by atoms with E-state index in [1.807, 2.05) is 12.1 Å². The Hall–Kier alpha value is -1.65. The number of anilines is 1. The van der Waals surface area contributed by atoms with Crippen molar-refractivity contribution in [2.75, 3.05) is 25.0 Å². The van der Waals surface area contributed by atoms with Crippen LogP contribution in [0.3, 0.4) is 0 Å². The highest BCUT2D eigenvalue weighted by atomic mass is 16.3. The maximum absolute atomic E-state index is 12.2. The number of allylic oxidation sites excluding steroid dienone is 2. The molecule has 1 saturated heterocycles. The molecule has 2 aliphatic rings. The summed E-state index contributed by atoms with van der Waals surface area (Å²) in [7, 11) is 0. The van der Waals surface area contributed by atoms with Crippen molar-refractivity contribution in [3.05, 3.63) is 42.0 Å². The molecule has 1 atom stereocenters. The molecule has 1 heterocycles. The summed E-state index contributed by atoms with van der Waals surface area (Å²) in [5.74, 6) is 0.253. The molecule has 130 valence electrons. The van der Waals surface area contributed by atoms with Crippen LogP contribution in [0.15, 0.2) is 36.4 Å². The van der Waals surface area contributed by atoms with Crippen molar-refractivity contribution in [3.8, 4) is 0 Å². The molecule has 1 amide bonds. The van der Waals surface area contributed by atoms with Gasteiger partial charge in [0.2, 0.25) is 5.91 Å². The van der Waals surface area contributed by atoms with Crippen LogP contribution in [0, 0.1) is 5.92 Å². The van der Waals surface area contributed by atoms with Gasteiger partial charge in [-0.15, -0.1) is 0 Å². The van der Waals surface area contributed by atoms with Crippen molar-refractivity contribution in [1.29, 1.82) is 0 Å². The Kier molecular flexibility index (Phi) is 6.05. The number of nitrogens with zero attached hydrogens (tertiary/aromatic N) is 1. The highest BCUT2D eigenvalue weighted by Crippen LogP contribution is 2.20. The molecule has 4 nitrogen and oxygen atoms in total. The van der Waals surface area contributed by atoms with Crippen LogP contribution in [0.1, 0.15) is 37.7 Å². The van der Waals surface area contributed by atoms with Crippen molar-refractivity contribution in [2.45, 2.75) is 44.6 Å². The van der Waals surface area contributed by atoms with Crippen molar-refractivity contribution in [2.24, 2.45) is 5.92 Å². The molecule has 0 aromatic heterocycles. The lowest BCUT2D eigenvalue weighted by Crippen LogP contribution is -2.37. The zero-order valence-electron chi connectivity index (χ0n) is 14.3. The number of benzene rings is 1. The largest absolute Gasteiger partial charge is 0.393 e. The summed E-state index contributed by atoms with van der Waals surface area (Å²) >= 11 is 0. The van der Waals surface area contributed by atoms with E-state index >= 15 is 0 Å². The molecular formula is C20H28N2O2. The third-order valence-electron chi connectivity index (χ3n) is 5.14. The molecule has 1 fully saturated rings. The number of carbonyl (C=O) groups is 1. The number of amides is 1. The molecule has 1 aliphatic heterocycles. The van der Waals surface area contributed by atoms with Crippen LogP contribution < -0.4 is 5.32 Å². The highest BCUT2D eigenvalue weighted by Gasteiger charge is 2.19. The molecule has 0 bridgehead atoms. The molecule has 1 aromatic rings. The first kappa shape index (κ1) is 17.2. The van der Waals surface area contributed by atoms with E-state index in [4.69, 9.17) is 0 Å². The quantitative estimate of drug-likeness (QED) is 0.817. The number of nitrogens with one attached hydrogen (secondary N) is 1. The fourth-order valence-electron chi connectivity index (χ4n) is 3.46. The van der Waals surface area contributed by atoms with Crippen LogP contribution in [-0.4, -0.2) is 41.7 Å². The van der Waals surface area contributed by atoms with E-state index in [2.05, 4.69) is 34.5 Å². The minimum Gasteiger partial charge on any atom is -0.393 e. The number of hydrogen-bond acceptors (Lipinski definition) is 3. The maximum atomic E-state index is 12.2. The third kappa shape index (κ3) is 4.92. The lowest BCUT2D eigenvalue weighted by Gasteiger charge is -2.29. The first-order valence-corrected chi connectivity index (χ1v) is 9.16. The minimum absolute atomic E-state index is 0.108. The van der Waals surface area contributed by atoms with Gasteiger partial charge in [-0.1, -0.05) is 24.3 Å². The van der Waals surface area contributed by atoms with Gasteiger partial charge < -0.3 is 15.3 Å². The Morgan fingerprint density at radius 3 is 2.54 bits per heavy atom. The highest BCUT2D eigenvalue weighted by molar-refractivity contribution is 5.92. The van der Waals surface area contributed by atoms with Crippen LogP contribution in [0.4, 0.5) is 5.69 Å². The van der Waals surface area contributed by atoms with Crippen LogP contribution in [0.2, 0.25) is 0 Å². The number of aliphatic hydroxyl groups is 1. The molecule has 3 rings (SSSR count). The number of likely N-dealkylation sites (tertiary alicyclic amines) is 1. The van der Waals surface area contributed by atoms with Gasteiger partial charge in [0.15, 0.2) is 0 Å². The Bertz CT molecular complexity index is 560. The second kappa shape index (κ2) is 8.45. The molecule has 24 heavy (non-hydrogen) atoms. The van der Waals surface area contributed by atoms with Gasteiger partial charge in [0, 0.05) is 31.2 Å². The normalized spacial score (nSPS) is 22.5. The van der Waals surface area contributed by atoms with Crippen LogP contribution in [0.25, 0.3) is 0 Å². The standard InChI is InChI=1S/C20H28N2O2/c23-19-11-14-22(15-12-19)13-10-16-6-8-18(9-7-16)21-20(24)17-4-2-1-3-5-17/h1-2,6-9,17,19,23H,3-5,10-15H2,(H,21,24). The first-order valence-electron chi connectivity index (χ1n) is 9.16. The predicted octanol–water partition coefficient (Wildman–Crippen LogP) is 2.98. The van der Waals surface area contributed by atoms with Crippen LogP contribution in [0.5, 0.6) is 0 Å². The second-order valence-corrected chi connectivity index (χ2v) is 6.99. The zero-order chi connectivity index (χ0) is 16.8. The minimum atomic E-state index is -0.108. The van der Waals surface area contributed by atoms with E-state index in [1.165, 1.54) is 5.56 Å². The van der Waals surface area contributed by atoms with E-state index in [0.717, 1.165) is 63.8 Å². The maximum Gasteiger partial charge on any atom is 0.227 e. The molecule has 2 N–H and O–H groups in total. The lowest BCUT2D eigenvalue weighted by molar-refractivity contribution is -0.120. The molecule has 1 unspecified atom stereocenters. The first-order chi connectivity index (χ1) is 11.7. The smallest absolute Gasteiger partial charge is 0.227 e. The lowest BCUT2D eigenvalue weighted by atomic mass is 9.93. The fraction of sp³-hybridized carbons (Fsp3) is 0.550. The van der Waals surface area contributed by atoms with E-state index in [0.29, 0.717) is 0 Å². The zero-order valence-corrected chi connectivity index (χ0v) is 14.3. The topological polar surface area (TPSA) is 52.6 Å². The summed E-state index contributed by atoms with van der Waals surface area (Å²) < 4.78 is 0. The van der Waals surface area contributed by atoms with Gasteiger partial charge in [0.25, 0.3) is 0 Å². The Morgan fingerprint density at radius 1 is 1.12 bits per heavy atom. The van der Waals surface area contributed by atoms with E-state index in [9.17, 15) is 9.90 Å². The van der Waals surface area contributed by atoms with Gasteiger partial charge in [-0.25, -0.2) is 0 Å². The average molecular weight is 328 g/mol. The van der Waals surface area contributed by atoms with E-state index in [1.54, 1.807) is 0 Å². The van der Waals surface area contributed by atoms with Gasteiger partial charge in [-0.05, 0) is 56.2 Å². The van der Waals surface area contributed by atoms with Gasteiger partial charge in [-0.2, -0.15) is 0 Å². The molecule has 4 heteroatoms. The number of aliphatic hydroxyl groups excluding tert-OH is 1. The molecule has 0 spiro atoms. The summed E-state index contributed by atoms with van der Waals surface area (Å²) in [5.41, 5.74) is 2.18. The Balaban J connectivity index is 1.44. The molecule has 1 aromatic carbocycles. The molecule has 0 saturated carbocycles. The Morgan fingerprint density at radius 2 is 1.88 bits per heavy atom. The number of piperidine rings is 1. The Labute approximate surface area is 144 Å². The van der Waals surface area contributed by atoms with E-state index < -0.39 is 0 Å². The van der Waals surface area contributed by atoms with Crippen molar-refractivity contribution in [3.63, 3.8) is 0 Å². The fourth-order valence-corrected chi connectivity index (χ4v) is 3.46. The summed E-state index contributed by atoms with van der Waals surface area (Å²) in [6.07, 6.45) is 9.76. The SMILES string of the molecule is O=C(Nc1ccc(CCN2CCC(O)CC2)cc1)C1CC=CCC1. The third-order valence-corrected chi connectivity index (χ3v) is 5.14. The predicted molar refractivity (Wildman–Crippen MR) is 96.9 cm³/mol. The molecular weight excluding hydrogens is 300 g/mol. The number of rotatable bonds is 5. The van der Waals surface area contributed by atoms with Gasteiger partial charge in [0.1, 0.15) is 0 Å². The van der Waals surface area contributed by atoms with Gasteiger partial charge in [-0.3, -0.25) is 4.79 Å². The van der Waals surface area contributed by atoms with Gasteiger partial charge >= 0.3 is 0 Å². The summed E-state index contributed by atoms with van der Waals surface area (Å²) in [5, 5.41) is 12.6. The summed E-state index contributed by atoms with van der Waals surface area (Å²) in [6.45, 7) is 3.02. The number of carbonyl (C=O) groups excluding carboxylic acids is 1. The van der Waals surface area contributed by atoms with Gasteiger partial charge in [0.05, 0.1) is 6.10 Å². The van der Waals surface area contributed by atoms with Crippen LogP contribution >= 0.6 is 0 Å². The van der Waals surface area contributed by atoms with Crippen molar-refractivity contribution < 1.29 is 9.90 Å². The summed E-state index contributed by atoms with van der Waals surface area (Å²) in [6, 6.07) is 8.22. The van der Waals surface area contributed by atoms with Crippen molar-refractivity contribution in [1.82, 2.24) is 4.90 Å². The van der Waals surface area contributed by atoms with Crippen LogP contribution in [-0.2, 0) is 11.2 Å². The molecule has 0 radical (unpaired) electrons. The van der Waals surface area contributed by atoms with E-state index in [-0.39, 0.29) is 17.9 Å². The monoisotopic (exact) mass is 328 g/mol. The molecule has 1 aliphatic carbocycles. The second-order valence-electron chi connectivity index (χ2n) is 6.99. The summed E-state index contributed by atoms with van der Waals surface area (Å²) in [4.78, 5) is 14.7.